The molecule has 2 aromatic carbocycles. The van der Waals surface area contributed by atoms with E-state index < -0.39 is 11.2 Å². The molecule has 6 rings (SSSR count). The summed E-state index contributed by atoms with van der Waals surface area (Å²) in [6.45, 7) is 12.7. The molecule has 0 aliphatic carbocycles. The van der Waals surface area contributed by atoms with Crippen LogP contribution in [0, 0.1) is 0 Å². The van der Waals surface area contributed by atoms with E-state index in [9.17, 15) is 9.59 Å². The zero-order valence-electron chi connectivity index (χ0n) is 28.3. The molecule has 2 aromatic heterocycles. The van der Waals surface area contributed by atoms with E-state index in [0.29, 0.717) is 13.1 Å². The van der Waals surface area contributed by atoms with Crippen LogP contribution < -0.4 is 0 Å². The van der Waals surface area contributed by atoms with Crippen molar-refractivity contribution in [2.75, 3.05) is 13.1 Å². The minimum atomic E-state index is -0.541. The SMILES string of the molecule is CC(C)(C)OC(=O)N1CCCC[C@H]1c1ncc(-c2ccc(-c3ccc(-c4cnc([C@@H]5CCCN5C(=O)OC(C)(C)C)[nH]4)cc3)cc2)[nH]1. The first-order valence-electron chi connectivity index (χ1n) is 16.6. The molecule has 10 heteroatoms. The number of aromatic nitrogens is 4. The van der Waals surface area contributed by atoms with E-state index in [-0.39, 0.29) is 24.3 Å². The highest BCUT2D eigenvalue weighted by molar-refractivity contribution is 5.72. The zero-order chi connectivity index (χ0) is 33.3. The number of amides is 2. The molecule has 0 radical (unpaired) electrons. The number of benzene rings is 2. The lowest BCUT2D eigenvalue weighted by Crippen LogP contribution is -2.42. The van der Waals surface area contributed by atoms with Gasteiger partial charge in [0.25, 0.3) is 0 Å². The summed E-state index contributed by atoms with van der Waals surface area (Å²) in [5.74, 6) is 1.57. The summed E-state index contributed by atoms with van der Waals surface area (Å²) in [7, 11) is 0. The molecule has 10 nitrogen and oxygen atoms in total. The second-order valence-corrected chi connectivity index (χ2v) is 14.5. The van der Waals surface area contributed by atoms with Gasteiger partial charge in [0.05, 0.1) is 35.9 Å². The molecule has 2 aliphatic heterocycles. The first-order chi connectivity index (χ1) is 22.3. The number of hydrogen-bond acceptors (Lipinski definition) is 6. The number of aromatic amines is 2. The van der Waals surface area contributed by atoms with E-state index in [1.807, 2.05) is 58.8 Å². The predicted octanol–water partition coefficient (Wildman–Crippen LogP) is 8.67. The molecule has 4 aromatic rings. The van der Waals surface area contributed by atoms with Crippen molar-refractivity contribution in [1.29, 1.82) is 0 Å². The molecule has 4 heterocycles. The molecule has 2 N–H and O–H groups in total. The van der Waals surface area contributed by atoms with Crippen molar-refractivity contribution in [3.8, 4) is 33.6 Å². The average molecular weight is 639 g/mol. The topological polar surface area (TPSA) is 116 Å². The third-order valence-electron chi connectivity index (χ3n) is 8.56. The summed E-state index contributed by atoms with van der Waals surface area (Å²) in [5, 5.41) is 0. The van der Waals surface area contributed by atoms with Gasteiger partial charge in [-0.2, -0.15) is 0 Å². The van der Waals surface area contributed by atoms with Crippen LogP contribution in [0.15, 0.2) is 60.9 Å². The lowest BCUT2D eigenvalue weighted by molar-refractivity contribution is 0.00846. The lowest BCUT2D eigenvalue weighted by Gasteiger charge is -2.35. The third-order valence-corrected chi connectivity index (χ3v) is 8.56. The van der Waals surface area contributed by atoms with Crippen LogP contribution >= 0.6 is 0 Å². The van der Waals surface area contributed by atoms with Gasteiger partial charge >= 0.3 is 12.2 Å². The fourth-order valence-electron chi connectivity index (χ4n) is 6.33. The summed E-state index contributed by atoms with van der Waals surface area (Å²) < 4.78 is 11.3. The highest BCUT2D eigenvalue weighted by Crippen LogP contribution is 2.35. The number of rotatable bonds is 5. The Labute approximate surface area is 276 Å². The second kappa shape index (κ2) is 12.9. The largest absolute Gasteiger partial charge is 0.444 e. The number of nitrogens with one attached hydrogen (secondary N) is 2. The van der Waals surface area contributed by atoms with Crippen LogP contribution in [0.25, 0.3) is 33.6 Å². The Balaban J connectivity index is 1.12. The van der Waals surface area contributed by atoms with Crippen LogP contribution in [0.3, 0.4) is 0 Å². The highest BCUT2D eigenvalue weighted by atomic mass is 16.6. The highest BCUT2D eigenvalue weighted by Gasteiger charge is 2.35. The fraction of sp³-hybridized carbons (Fsp3) is 0.459. The summed E-state index contributed by atoms with van der Waals surface area (Å²) in [5.41, 5.74) is 5.01. The Bertz CT molecular complexity index is 1690. The molecule has 0 bridgehead atoms. The first-order valence-corrected chi connectivity index (χ1v) is 16.6. The fourth-order valence-corrected chi connectivity index (χ4v) is 6.33. The van der Waals surface area contributed by atoms with Crippen molar-refractivity contribution in [2.24, 2.45) is 0 Å². The number of nitrogens with zero attached hydrogens (tertiary/aromatic N) is 4. The van der Waals surface area contributed by atoms with Crippen LogP contribution in [0.5, 0.6) is 0 Å². The Kier molecular flexibility index (Phi) is 8.87. The van der Waals surface area contributed by atoms with Gasteiger partial charge in [-0.3, -0.25) is 9.80 Å². The van der Waals surface area contributed by atoms with Gasteiger partial charge in [-0.25, -0.2) is 19.6 Å². The normalized spacial score (nSPS) is 18.8. The molecule has 2 atom stereocenters. The number of carbonyl (C=O) groups is 2. The van der Waals surface area contributed by atoms with E-state index in [2.05, 4.69) is 68.5 Å². The summed E-state index contributed by atoms with van der Waals surface area (Å²) in [6.07, 6.45) is 7.73. The van der Waals surface area contributed by atoms with E-state index in [1.165, 1.54) is 0 Å². The second-order valence-electron chi connectivity index (χ2n) is 14.5. The van der Waals surface area contributed by atoms with Crippen LogP contribution in [-0.4, -0.2) is 66.2 Å². The molecule has 47 heavy (non-hydrogen) atoms. The average Bonchev–Trinajstić information content (AvgIpc) is 3.81. The molecule has 0 unspecified atom stereocenters. The third kappa shape index (κ3) is 7.53. The number of likely N-dealkylation sites (tertiary alicyclic amines) is 2. The number of ether oxygens (including phenoxy) is 2. The Morgan fingerprint density at radius 2 is 1.00 bits per heavy atom. The Hall–Kier alpha value is -4.60. The van der Waals surface area contributed by atoms with E-state index >= 15 is 0 Å². The van der Waals surface area contributed by atoms with E-state index in [0.717, 1.165) is 77.4 Å². The van der Waals surface area contributed by atoms with Crippen LogP contribution in [0.1, 0.15) is 97.4 Å². The van der Waals surface area contributed by atoms with Crippen molar-refractivity contribution in [1.82, 2.24) is 29.7 Å². The number of hydrogen-bond donors (Lipinski definition) is 2. The summed E-state index contributed by atoms with van der Waals surface area (Å²) in [6, 6.07) is 16.5. The van der Waals surface area contributed by atoms with Crippen LogP contribution in [0.2, 0.25) is 0 Å². The molecule has 2 saturated heterocycles. The Morgan fingerprint density at radius 3 is 1.43 bits per heavy atom. The standard InChI is InChI=1S/C37H46N6O4/c1-36(2,3)46-34(44)42-20-8-7-10-30(42)32-38-22-28(40-32)26-16-12-24(13-17-26)25-14-18-27(19-15-25)29-23-39-33(41-29)31-11-9-21-43(31)35(45)47-37(4,5)6/h12-19,22-23,30-31H,7-11,20-21H2,1-6H3,(H,38,40)(H,39,41)/t30-,31-/m0/s1. The molecular formula is C37H46N6O4. The van der Waals surface area contributed by atoms with Crippen molar-refractivity contribution in [2.45, 2.75) is 96.9 Å². The maximum Gasteiger partial charge on any atom is 0.410 e. The molecule has 248 valence electrons. The number of H-pyrrole nitrogens is 2. The lowest BCUT2D eigenvalue weighted by atomic mass is 10.0. The van der Waals surface area contributed by atoms with Crippen molar-refractivity contribution >= 4 is 12.2 Å². The first kappa shape index (κ1) is 32.3. The zero-order valence-corrected chi connectivity index (χ0v) is 28.3. The maximum absolute atomic E-state index is 12.9. The van der Waals surface area contributed by atoms with Gasteiger partial charge in [0.2, 0.25) is 0 Å². The molecule has 0 saturated carbocycles. The quantitative estimate of drug-likeness (QED) is 0.226. The number of imidazole rings is 2. The maximum atomic E-state index is 12.9. The van der Waals surface area contributed by atoms with Gasteiger partial charge in [-0.05, 0) is 95.9 Å². The smallest absolute Gasteiger partial charge is 0.410 e. The van der Waals surface area contributed by atoms with E-state index in [4.69, 9.17) is 9.47 Å². The minimum absolute atomic E-state index is 0.117. The van der Waals surface area contributed by atoms with Crippen molar-refractivity contribution in [3.05, 3.63) is 72.6 Å². The van der Waals surface area contributed by atoms with Gasteiger partial charge in [0.1, 0.15) is 22.9 Å². The number of carbonyl (C=O) groups excluding carboxylic acids is 2. The molecule has 2 aliphatic rings. The summed E-state index contributed by atoms with van der Waals surface area (Å²) >= 11 is 0. The van der Waals surface area contributed by atoms with Crippen LogP contribution in [-0.2, 0) is 9.47 Å². The molecule has 2 fully saturated rings. The summed E-state index contributed by atoms with van der Waals surface area (Å²) in [4.78, 5) is 45.5. The minimum Gasteiger partial charge on any atom is -0.444 e. The van der Waals surface area contributed by atoms with Gasteiger partial charge < -0.3 is 19.4 Å². The number of piperidine rings is 1. The van der Waals surface area contributed by atoms with Gasteiger partial charge in [-0.15, -0.1) is 0 Å². The van der Waals surface area contributed by atoms with E-state index in [1.54, 1.807) is 4.90 Å². The van der Waals surface area contributed by atoms with Gasteiger partial charge in [-0.1, -0.05) is 48.5 Å². The molecular weight excluding hydrogens is 592 g/mol. The van der Waals surface area contributed by atoms with Crippen LogP contribution in [0.4, 0.5) is 9.59 Å². The van der Waals surface area contributed by atoms with Crippen molar-refractivity contribution in [3.63, 3.8) is 0 Å². The van der Waals surface area contributed by atoms with Crippen molar-refractivity contribution < 1.29 is 19.1 Å². The monoisotopic (exact) mass is 638 g/mol. The molecule has 2 amide bonds. The van der Waals surface area contributed by atoms with Gasteiger partial charge in [0.15, 0.2) is 0 Å². The predicted molar refractivity (Wildman–Crippen MR) is 181 cm³/mol. The Morgan fingerprint density at radius 1 is 0.617 bits per heavy atom. The molecule has 0 spiro atoms. The van der Waals surface area contributed by atoms with Gasteiger partial charge in [0, 0.05) is 13.1 Å².